The third-order valence-corrected chi connectivity index (χ3v) is 1.77. The molecule has 0 radical (unpaired) electrons. The van der Waals surface area contributed by atoms with Gasteiger partial charge >= 0.3 is 9.28 Å². The lowest BCUT2D eigenvalue weighted by Crippen LogP contribution is -2.08. The van der Waals surface area contributed by atoms with Crippen molar-refractivity contribution in [3.63, 3.8) is 0 Å². The van der Waals surface area contributed by atoms with Crippen LogP contribution in [0.15, 0.2) is 12.2 Å². The molecule has 4 heteroatoms. The van der Waals surface area contributed by atoms with E-state index in [-0.39, 0.29) is 0 Å². The first-order chi connectivity index (χ1) is 4.77. The lowest BCUT2D eigenvalue weighted by Gasteiger charge is -1.93. The van der Waals surface area contributed by atoms with Crippen molar-refractivity contribution in [2.45, 2.75) is 12.5 Å². The zero-order valence-corrected chi connectivity index (χ0v) is 7.40. The van der Waals surface area contributed by atoms with Crippen LogP contribution in [0.2, 0.25) is 6.04 Å². The van der Waals surface area contributed by atoms with Crippen molar-refractivity contribution in [2.75, 3.05) is 13.6 Å². The molecule has 0 rings (SSSR count). The molecule has 0 atom stereocenters. The molecular formula is C6H15NO2Si. The van der Waals surface area contributed by atoms with Crippen LogP contribution in [0.3, 0.4) is 0 Å². The number of allylic oxidation sites excluding steroid dienone is 1. The molecule has 0 unspecified atom stereocenters. The van der Waals surface area contributed by atoms with Crippen molar-refractivity contribution in [3.8, 4) is 0 Å². The molecule has 3 nitrogen and oxygen atoms in total. The molecule has 0 saturated carbocycles. The van der Waals surface area contributed by atoms with Gasteiger partial charge in [0, 0.05) is 6.04 Å². The summed E-state index contributed by atoms with van der Waals surface area (Å²) in [4.78, 5) is 17.1. The Morgan fingerprint density at radius 1 is 1.40 bits per heavy atom. The monoisotopic (exact) mass is 161 g/mol. The lowest BCUT2D eigenvalue weighted by atomic mass is 10.4. The quantitative estimate of drug-likeness (QED) is 0.285. The Labute approximate surface area is 63.2 Å². The predicted octanol–water partition coefficient (Wildman–Crippen LogP) is -0.643. The fourth-order valence-electron chi connectivity index (χ4n) is 0.563. The van der Waals surface area contributed by atoms with Gasteiger partial charge in [-0.05, 0) is 20.0 Å². The van der Waals surface area contributed by atoms with E-state index in [1.54, 1.807) is 0 Å². The van der Waals surface area contributed by atoms with Gasteiger partial charge < -0.3 is 14.9 Å². The molecule has 0 heterocycles. The van der Waals surface area contributed by atoms with Gasteiger partial charge in [-0.25, -0.2) is 0 Å². The van der Waals surface area contributed by atoms with E-state index >= 15 is 0 Å². The van der Waals surface area contributed by atoms with E-state index in [1.165, 1.54) is 0 Å². The second-order valence-corrected chi connectivity index (χ2v) is 3.51. The summed E-state index contributed by atoms with van der Waals surface area (Å²) in [5, 5.41) is 2.99. The summed E-state index contributed by atoms with van der Waals surface area (Å²) in [5.41, 5.74) is 0. The highest BCUT2D eigenvalue weighted by Gasteiger charge is 1.94. The van der Waals surface area contributed by atoms with E-state index in [0.29, 0.717) is 6.04 Å². The Kier molecular flexibility index (Phi) is 6.84. The van der Waals surface area contributed by atoms with E-state index in [4.69, 9.17) is 9.59 Å². The van der Waals surface area contributed by atoms with Crippen LogP contribution in [0.5, 0.6) is 0 Å². The Morgan fingerprint density at radius 3 is 2.60 bits per heavy atom. The number of hydrogen-bond acceptors (Lipinski definition) is 3. The molecule has 60 valence electrons. The number of rotatable bonds is 5. The van der Waals surface area contributed by atoms with Crippen molar-refractivity contribution in [1.82, 2.24) is 5.32 Å². The maximum Gasteiger partial charge on any atom is 0.319 e. The average Bonchev–Trinajstić information content (AvgIpc) is 1.87. The van der Waals surface area contributed by atoms with Gasteiger partial charge in [0.2, 0.25) is 0 Å². The van der Waals surface area contributed by atoms with Gasteiger partial charge in [-0.1, -0.05) is 12.2 Å². The van der Waals surface area contributed by atoms with Crippen LogP contribution in [0.25, 0.3) is 0 Å². The fourth-order valence-corrected chi connectivity index (χ4v) is 0.999. The normalized spacial score (nSPS) is 11.6. The minimum atomic E-state index is -2.33. The summed E-state index contributed by atoms with van der Waals surface area (Å²) in [6, 6.07) is 0.462. The number of hydrogen-bond donors (Lipinski definition) is 3. The molecule has 0 aromatic heterocycles. The Balaban J connectivity index is 3.04. The van der Waals surface area contributed by atoms with E-state index in [1.807, 2.05) is 19.2 Å². The summed E-state index contributed by atoms with van der Waals surface area (Å²) in [6.45, 7) is 0.944. The molecule has 10 heavy (non-hydrogen) atoms. The van der Waals surface area contributed by atoms with Crippen LogP contribution in [0.4, 0.5) is 0 Å². The molecule has 0 amide bonds. The SMILES string of the molecule is CNCCC=CC[SiH](O)O. The van der Waals surface area contributed by atoms with Crippen molar-refractivity contribution in [1.29, 1.82) is 0 Å². The number of nitrogens with one attached hydrogen (secondary N) is 1. The Hall–Kier alpha value is -0.163. The van der Waals surface area contributed by atoms with Crippen molar-refractivity contribution >= 4 is 9.28 Å². The maximum absolute atomic E-state index is 8.54. The molecule has 0 saturated heterocycles. The Bertz CT molecular complexity index is 95.7. The molecular weight excluding hydrogens is 146 g/mol. The van der Waals surface area contributed by atoms with Gasteiger partial charge in [-0.15, -0.1) is 0 Å². The van der Waals surface area contributed by atoms with E-state index < -0.39 is 9.28 Å². The summed E-state index contributed by atoms with van der Waals surface area (Å²) in [7, 11) is -0.437. The van der Waals surface area contributed by atoms with Crippen molar-refractivity contribution in [2.24, 2.45) is 0 Å². The van der Waals surface area contributed by atoms with Crippen LogP contribution in [-0.2, 0) is 0 Å². The third-order valence-electron chi connectivity index (χ3n) is 1.07. The van der Waals surface area contributed by atoms with E-state index in [9.17, 15) is 0 Å². The van der Waals surface area contributed by atoms with Gasteiger partial charge in [-0.2, -0.15) is 0 Å². The highest BCUT2D eigenvalue weighted by atomic mass is 28.3. The van der Waals surface area contributed by atoms with Gasteiger partial charge in [-0.3, -0.25) is 0 Å². The topological polar surface area (TPSA) is 52.5 Å². The maximum atomic E-state index is 8.54. The minimum Gasteiger partial charge on any atom is -0.413 e. The molecule has 3 N–H and O–H groups in total. The van der Waals surface area contributed by atoms with Gasteiger partial charge in [0.25, 0.3) is 0 Å². The molecule has 0 bridgehead atoms. The zero-order valence-electron chi connectivity index (χ0n) is 6.25. The molecule has 0 aromatic carbocycles. The molecule has 0 spiro atoms. The fraction of sp³-hybridized carbons (Fsp3) is 0.667. The predicted molar refractivity (Wildman–Crippen MR) is 44.1 cm³/mol. The van der Waals surface area contributed by atoms with Gasteiger partial charge in [0.15, 0.2) is 0 Å². The van der Waals surface area contributed by atoms with Crippen LogP contribution >= 0.6 is 0 Å². The molecule has 0 aliphatic heterocycles. The highest BCUT2D eigenvalue weighted by molar-refractivity contribution is 6.41. The van der Waals surface area contributed by atoms with Crippen LogP contribution in [-0.4, -0.2) is 32.5 Å². The minimum absolute atomic E-state index is 0.462. The van der Waals surface area contributed by atoms with Crippen molar-refractivity contribution < 1.29 is 9.59 Å². The average molecular weight is 161 g/mol. The molecule has 0 aliphatic rings. The first kappa shape index (κ1) is 9.84. The first-order valence-corrected chi connectivity index (χ1v) is 5.28. The van der Waals surface area contributed by atoms with Crippen molar-refractivity contribution in [3.05, 3.63) is 12.2 Å². The standard InChI is InChI=1S/C6H15NO2Si/c1-7-5-3-2-4-6-10(8)9/h2,4,7-10H,3,5-6H2,1H3. The van der Waals surface area contributed by atoms with E-state index in [2.05, 4.69) is 5.32 Å². The first-order valence-electron chi connectivity index (χ1n) is 3.43. The van der Waals surface area contributed by atoms with Crippen LogP contribution in [0.1, 0.15) is 6.42 Å². The summed E-state index contributed by atoms with van der Waals surface area (Å²) < 4.78 is 0. The zero-order chi connectivity index (χ0) is 7.82. The van der Waals surface area contributed by atoms with Gasteiger partial charge in [0.05, 0.1) is 0 Å². The largest absolute Gasteiger partial charge is 0.413 e. The Morgan fingerprint density at radius 2 is 2.10 bits per heavy atom. The molecule has 0 fully saturated rings. The second-order valence-electron chi connectivity index (χ2n) is 2.08. The lowest BCUT2D eigenvalue weighted by molar-refractivity contribution is 0.411. The third kappa shape index (κ3) is 7.84. The van der Waals surface area contributed by atoms with E-state index in [0.717, 1.165) is 13.0 Å². The van der Waals surface area contributed by atoms with Crippen LogP contribution in [0, 0.1) is 0 Å². The molecule has 0 aliphatic carbocycles. The summed E-state index contributed by atoms with van der Waals surface area (Å²) in [6.07, 6.45) is 4.74. The second kappa shape index (κ2) is 6.95. The summed E-state index contributed by atoms with van der Waals surface area (Å²) >= 11 is 0. The van der Waals surface area contributed by atoms with Gasteiger partial charge in [0.1, 0.15) is 0 Å². The summed E-state index contributed by atoms with van der Waals surface area (Å²) in [5.74, 6) is 0. The highest BCUT2D eigenvalue weighted by Crippen LogP contribution is 1.88. The smallest absolute Gasteiger partial charge is 0.319 e. The molecule has 0 aromatic rings. The van der Waals surface area contributed by atoms with Crippen LogP contribution < -0.4 is 5.32 Å².